The van der Waals surface area contributed by atoms with Crippen LogP contribution in [0.5, 0.6) is 0 Å². The van der Waals surface area contributed by atoms with Gasteiger partial charge in [-0.25, -0.2) is 0 Å². The molecule has 54 valence electrons. The van der Waals surface area contributed by atoms with Gasteiger partial charge < -0.3 is 0 Å². The summed E-state index contributed by atoms with van der Waals surface area (Å²) in [6.07, 6.45) is 11.0. The molecule has 1 aliphatic rings. The van der Waals surface area contributed by atoms with E-state index in [2.05, 4.69) is 38.2 Å². The van der Waals surface area contributed by atoms with Crippen LogP contribution in [-0.2, 0) is 0 Å². The highest BCUT2D eigenvalue weighted by atomic mass is 14.1. The SMILES string of the molecule is CC=CCC1=C(C)CC=C1. The minimum absolute atomic E-state index is 1.11. The zero-order chi connectivity index (χ0) is 7.40. The van der Waals surface area contributed by atoms with E-state index in [4.69, 9.17) is 0 Å². The standard InChI is InChI=1S/C10H14/c1-3-4-7-10-8-5-6-9(10)2/h3-5,8H,6-7H2,1-2H3. The maximum absolute atomic E-state index is 2.23. The largest absolute Gasteiger partial charge is 0.0913 e. The molecule has 0 amide bonds. The predicted molar refractivity (Wildman–Crippen MR) is 45.9 cm³/mol. The van der Waals surface area contributed by atoms with Gasteiger partial charge in [-0.3, -0.25) is 0 Å². The molecule has 10 heavy (non-hydrogen) atoms. The fourth-order valence-electron chi connectivity index (χ4n) is 1.14. The predicted octanol–water partition coefficient (Wildman–Crippen LogP) is 3.23. The van der Waals surface area contributed by atoms with Crippen molar-refractivity contribution in [3.63, 3.8) is 0 Å². The molecule has 0 saturated carbocycles. The van der Waals surface area contributed by atoms with E-state index in [1.54, 1.807) is 0 Å². The first kappa shape index (κ1) is 7.33. The minimum atomic E-state index is 1.11. The summed E-state index contributed by atoms with van der Waals surface area (Å²) < 4.78 is 0. The lowest BCUT2D eigenvalue weighted by Crippen LogP contribution is -1.75. The average molecular weight is 134 g/mol. The van der Waals surface area contributed by atoms with Gasteiger partial charge in [0.05, 0.1) is 0 Å². The van der Waals surface area contributed by atoms with Crippen molar-refractivity contribution in [1.29, 1.82) is 0 Å². The van der Waals surface area contributed by atoms with Crippen molar-refractivity contribution in [2.75, 3.05) is 0 Å². The molecule has 0 atom stereocenters. The Bertz CT molecular complexity index is 192. The van der Waals surface area contributed by atoms with Crippen LogP contribution >= 0.6 is 0 Å². The van der Waals surface area contributed by atoms with Crippen molar-refractivity contribution in [3.05, 3.63) is 35.5 Å². The molecule has 1 aliphatic carbocycles. The Balaban J connectivity index is 2.54. The molecule has 0 fully saturated rings. The molecule has 0 aromatic heterocycles. The van der Waals surface area contributed by atoms with Crippen LogP contribution in [0.1, 0.15) is 26.7 Å². The summed E-state index contributed by atoms with van der Waals surface area (Å²) in [4.78, 5) is 0. The summed E-state index contributed by atoms with van der Waals surface area (Å²) in [5.41, 5.74) is 3.02. The Morgan fingerprint density at radius 3 is 2.90 bits per heavy atom. The van der Waals surface area contributed by atoms with Crippen LogP contribution in [0.15, 0.2) is 35.5 Å². The molecule has 0 bridgehead atoms. The van der Waals surface area contributed by atoms with Gasteiger partial charge in [-0.05, 0) is 32.3 Å². The molecule has 0 nitrogen and oxygen atoms in total. The molecule has 0 radical (unpaired) electrons. The lowest BCUT2D eigenvalue weighted by Gasteiger charge is -1.95. The van der Waals surface area contributed by atoms with Gasteiger partial charge in [-0.15, -0.1) is 0 Å². The van der Waals surface area contributed by atoms with Crippen LogP contribution in [0.2, 0.25) is 0 Å². The van der Waals surface area contributed by atoms with E-state index in [1.807, 2.05) is 0 Å². The topological polar surface area (TPSA) is 0 Å². The first-order valence-electron chi connectivity index (χ1n) is 3.81. The molecule has 0 aliphatic heterocycles. The van der Waals surface area contributed by atoms with E-state index in [1.165, 1.54) is 11.1 Å². The molecule has 0 heteroatoms. The van der Waals surface area contributed by atoms with Crippen molar-refractivity contribution in [2.45, 2.75) is 26.7 Å². The number of rotatable bonds is 2. The zero-order valence-electron chi connectivity index (χ0n) is 6.72. The fraction of sp³-hybridized carbons (Fsp3) is 0.400. The third-order valence-corrected chi connectivity index (χ3v) is 1.86. The van der Waals surface area contributed by atoms with E-state index < -0.39 is 0 Å². The first-order valence-corrected chi connectivity index (χ1v) is 3.81. The lowest BCUT2D eigenvalue weighted by atomic mass is 10.1. The van der Waals surface area contributed by atoms with Crippen molar-refractivity contribution in [2.24, 2.45) is 0 Å². The van der Waals surface area contributed by atoms with Crippen molar-refractivity contribution in [1.82, 2.24) is 0 Å². The zero-order valence-corrected chi connectivity index (χ0v) is 6.72. The van der Waals surface area contributed by atoms with Crippen molar-refractivity contribution >= 4 is 0 Å². The second-order valence-electron chi connectivity index (χ2n) is 2.69. The van der Waals surface area contributed by atoms with Gasteiger partial charge in [-0.1, -0.05) is 29.9 Å². The Labute approximate surface area is 62.9 Å². The summed E-state index contributed by atoms with van der Waals surface area (Å²) in [5.74, 6) is 0. The first-order chi connectivity index (χ1) is 4.84. The molecular weight excluding hydrogens is 120 g/mol. The third-order valence-electron chi connectivity index (χ3n) is 1.86. The number of hydrogen-bond acceptors (Lipinski definition) is 0. The van der Waals surface area contributed by atoms with E-state index in [0.717, 1.165) is 12.8 Å². The summed E-state index contributed by atoms with van der Waals surface area (Å²) in [5, 5.41) is 0. The second-order valence-corrected chi connectivity index (χ2v) is 2.69. The summed E-state index contributed by atoms with van der Waals surface area (Å²) >= 11 is 0. The van der Waals surface area contributed by atoms with Crippen molar-refractivity contribution in [3.8, 4) is 0 Å². The normalized spacial score (nSPS) is 17.8. The Morgan fingerprint density at radius 1 is 1.60 bits per heavy atom. The van der Waals surface area contributed by atoms with Crippen LogP contribution in [0.4, 0.5) is 0 Å². The maximum Gasteiger partial charge on any atom is -0.00981 e. The average Bonchev–Trinajstić information content (AvgIpc) is 2.31. The minimum Gasteiger partial charge on any atom is -0.0913 e. The van der Waals surface area contributed by atoms with Crippen LogP contribution in [-0.4, -0.2) is 0 Å². The monoisotopic (exact) mass is 134 g/mol. The van der Waals surface area contributed by atoms with Crippen LogP contribution in [0.3, 0.4) is 0 Å². The maximum atomic E-state index is 2.23. The molecule has 0 aromatic rings. The molecule has 0 saturated heterocycles. The summed E-state index contributed by atoms with van der Waals surface area (Å²) in [7, 11) is 0. The van der Waals surface area contributed by atoms with Crippen LogP contribution in [0.25, 0.3) is 0 Å². The van der Waals surface area contributed by atoms with Gasteiger partial charge in [-0.2, -0.15) is 0 Å². The smallest absolute Gasteiger partial charge is 0.00981 e. The highest BCUT2D eigenvalue weighted by Crippen LogP contribution is 2.20. The lowest BCUT2D eigenvalue weighted by molar-refractivity contribution is 1.17. The van der Waals surface area contributed by atoms with Crippen LogP contribution in [0, 0.1) is 0 Å². The molecule has 0 unspecified atom stereocenters. The quantitative estimate of drug-likeness (QED) is 0.509. The van der Waals surface area contributed by atoms with E-state index >= 15 is 0 Å². The molecule has 0 aromatic carbocycles. The van der Waals surface area contributed by atoms with Gasteiger partial charge in [0.15, 0.2) is 0 Å². The van der Waals surface area contributed by atoms with Gasteiger partial charge in [0.1, 0.15) is 0 Å². The third kappa shape index (κ3) is 1.60. The van der Waals surface area contributed by atoms with Gasteiger partial charge in [0.2, 0.25) is 0 Å². The highest BCUT2D eigenvalue weighted by Gasteiger charge is 2.00. The Morgan fingerprint density at radius 2 is 2.40 bits per heavy atom. The molecule has 0 heterocycles. The second kappa shape index (κ2) is 3.40. The van der Waals surface area contributed by atoms with E-state index in [-0.39, 0.29) is 0 Å². The molecular formula is C10H14. The van der Waals surface area contributed by atoms with Gasteiger partial charge in [0.25, 0.3) is 0 Å². The molecule has 1 rings (SSSR count). The van der Waals surface area contributed by atoms with E-state index in [0.29, 0.717) is 0 Å². The molecule has 0 N–H and O–H groups in total. The highest BCUT2D eigenvalue weighted by molar-refractivity contribution is 5.33. The van der Waals surface area contributed by atoms with Gasteiger partial charge in [0, 0.05) is 0 Å². The Hall–Kier alpha value is -0.780. The van der Waals surface area contributed by atoms with Crippen molar-refractivity contribution < 1.29 is 0 Å². The number of hydrogen-bond donors (Lipinski definition) is 0. The molecule has 0 spiro atoms. The Kier molecular flexibility index (Phi) is 2.49. The van der Waals surface area contributed by atoms with Crippen LogP contribution < -0.4 is 0 Å². The summed E-state index contributed by atoms with van der Waals surface area (Å²) in [6, 6.07) is 0. The van der Waals surface area contributed by atoms with Gasteiger partial charge >= 0.3 is 0 Å². The van der Waals surface area contributed by atoms with E-state index in [9.17, 15) is 0 Å². The fourth-order valence-corrected chi connectivity index (χ4v) is 1.14. The summed E-state index contributed by atoms with van der Waals surface area (Å²) in [6.45, 7) is 4.27. The number of allylic oxidation sites excluding steroid dienone is 6.